The van der Waals surface area contributed by atoms with Gasteiger partial charge in [0.2, 0.25) is 0 Å². The van der Waals surface area contributed by atoms with Crippen molar-refractivity contribution in [1.82, 2.24) is 24.2 Å². The summed E-state index contributed by atoms with van der Waals surface area (Å²) in [5.41, 5.74) is 4.79. The molecule has 0 unspecified atom stereocenters. The first-order valence-electron chi connectivity index (χ1n) is 13.2. The molecular formula is C28H33FN6O2S. The Labute approximate surface area is 222 Å². The predicted octanol–water partition coefficient (Wildman–Crippen LogP) is 4.19. The molecule has 0 spiro atoms. The third-order valence-electron chi connectivity index (χ3n) is 7.89. The first kappa shape index (κ1) is 25.1. The van der Waals surface area contributed by atoms with E-state index in [1.165, 1.54) is 24.5 Å². The Hall–Kier alpha value is -3.24. The number of benzene rings is 1. The lowest BCUT2D eigenvalue weighted by atomic mass is 10.1. The average molecular weight is 537 g/mol. The Bertz CT molecular complexity index is 1580. The summed E-state index contributed by atoms with van der Waals surface area (Å²) in [5, 5.41) is 8.28. The number of aryl methyl sites for hydroxylation is 1. The fourth-order valence-corrected chi connectivity index (χ4v) is 7.13. The van der Waals surface area contributed by atoms with Crippen LogP contribution in [-0.4, -0.2) is 69.8 Å². The quantitative estimate of drug-likeness (QED) is 0.364. The van der Waals surface area contributed by atoms with Gasteiger partial charge in [0.15, 0.2) is 0 Å². The maximum Gasteiger partial charge on any atom is 0.150 e. The second-order valence-corrected chi connectivity index (χ2v) is 12.8. The van der Waals surface area contributed by atoms with E-state index in [0.717, 1.165) is 48.1 Å². The van der Waals surface area contributed by atoms with Gasteiger partial charge in [-0.05, 0) is 61.9 Å². The van der Waals surface area contributed by atoms with E-state index in [2.05, 4.69) is 32.1 Å². The van der Waals surface area contributed by atoms with Gasteiger partial charge >= 0.3 is 0 Å². The zero-order valence-electron chi connectivity index (χ0n) is 21.8. The van der Waals surface area contributed by atoms with Gasteiger partial charge in [-0.1, -0.05) is 6.07 Å². The highest BCUT2D eigenvalue weighted by Crippen LogP contribution is 2.34. The standard InChI is InChI=1S/C28H33FN6O2S/c1-30-27-7-3-19(15-25(27)29)26-8-6-24-20(17-35(28(24)32-26)23-16-31-33(2)18-23)9-12-34(21-4-5-21)22-10-13-38(36,37)14-11-22/h3,6-8,15-18,21-22,30H,4-5,9-14H2,1-2H3. The molecule has 0 bridgehead atoms. The van der Waals surface area contributed by atoms with Gasteiger partial charge < -0.3 is 5.32 Å². The zero-order chi connectivity index (χ0) is 26.4. The lowest BCUT2D eigenvalue weighted by molar-refractivity contribution is 0.176. The van der Waals surface area contributed by atoms with Crippen LogP contribution in [0.3, 0.4) is 0 Å². The van der Waals surface area contributed by atoms with Crippen LogP contribution in [0, 0.1) is 5.82 Å². The largest absolute Gasteiger partial charge is 0.386 e. The van der Waals surface area contributed by atoms with Crippen molar-refractivity contribution < 1.29 is 12.8 Å². The molecule has 1 N–H and O–H groups in total. The Morgan fingerprint density at radius 1 is 1.08 bits per heavy atom. The van der Waals surface area contributed by atoms with Crippen molar-refractivity contribution in [2.24, 2.45) is 7.05 Å². The van der Waals surface area contributed by atoms with Crippen molar-refractivity contribution in [2.75, 3.05) is 30.4 Å². The molecule has 1 saturated heterocycles. The monoisotopic (exact) mass is 536 g/mol. The van der Waals surface area contributed by atoms with Gasteiger partial charge in [0.05, 0.1) is 34.8 Å². The van der Waals surface area contributed by atoms with Crippen LogP contribution in [0.15, 0.2) is 48.9 Å². The van der Waals surface area contributed by atoms with Crippen LogP contribution in [0.5, 0.6) is 0 Å². The molecule has 200 valence electrons. The normalized spacial score (nSPS) is 17.9. The molecule has 4 aromatic rings. The summed E-state index contributed by atoms with van der Waals surface area (Å²) < 4.78 is 42.3. The minimum atomic E-state index is -2.88. The molecule has 8 nitrogen and oxygen atoms in total. The van der Waals surface area contributed by atoms with Gasteiger partial charge in [0.1, 0.15) is 21.3 Å². The van der Waals surface area contributed by atoms with Crippen LogP contribution in [0.4, 0.5) is 10.1 Å². The van der Waals surface area contributed by atoms with Crippen LogP contribution in [0.2, 0.25) is 0 Å². The molecule has 4 heterocycles. The van der Waals surface area contributed by atoms with Gasteiger partial charge in [-0.2, -0.15) is 5.10 Å². The van der Waals surface area contributed by atoms with Crippen molar-refractivity contribution in [2.45, 2.75) is 44.2 Å². The highest BCUT2D eigenvalue weighted by Gasteiger charge is 2.36. The number of halogens is 1. The number of nitrogens with one attached hydrogen (secondary N) is 1. The van der Waals surface area contributed by atoms with Crippen molar-refractivity contribution in [3.63, 3.8) is 0 Å². The molecular weight excluding hydrogens is 503 g/mol. The molecule has 38 heavy (non-hydrogen) atoms. The lowest BCUT2D eigenvalue weighted by Gasteiger charge is -2.34. The van der Waals surface area contributed by atoms with Crippen molar-refractivity contribution in [3.05, 3.63) is 60.3 Å². The SMILES string of the molecule is CNc1ccc(-c2ccc3c(CCN(C4CC4)C4CCS(=O)(=O)CC4)cn(-c4cnn(C)c4)c3n2)cc1F. The lowest BCUT2D eigenvalue weighted by Crippen LogP contribution is -2.43. The minimum absolute atomic E-state index is 0.295. The van der Waals surface area contributed by atoms with E-state index in [4.69, 9.17) is 4.98 Å². The highest BCUT2D eigenvalue weighted by atomic mass is 32.2. The third kappa shape index (κ3) is 4.94. The number of pyridine rings is 1. The number of sulfone groups is 1. The number of hydrogen-bond acceptors (Lipinski definition) is 6. The van der Waals surface area contributed by atoms with Crippen LogP contribution in [0.25, 0.3) is 28.0 Å². The Morgan fingerprint density at radius 2 is 1.84 bits per heavy atom. The number of hydrogen-bond donors (Lipinski definition) is 1. The molecule has 1 aliphatic heterocycles. The van der Waals surface area contributed by atoms with Gasteiger partial charge in [0, 0.05) is 56.1 Å². The van der Waals surface area contributed by atoms with Gasteiger partial charge in [-0.25, -0.2) is 17.8 Å². The van der Waals surface area contributed by atoms with E-state index in [9.17, 15) is 12.8 Å². The van der Waals surface area contributed by atoms with Crippen molar-refractivity contribution >= 4 is 26.6 Å². The van der Waals surface area contributed by atoms with Gasteiger partial charge in [0.25, 0.3) is 0 Å². The fraction of sp³-hybridized carbons (Fsp3) is 0.429. The van der Waals surface area contributed by atoms with Crippen LogP contribution < -0.4 is 5.32 Å². The molecule has 2 aliphatic rings. The molecule has 0 amide bonds. The van der Waals surface area contributed by atoms with Crippen LogP contribution in [0.1, 0.15) is 31.2 Å². The molecule has 1 saturated carbocycles. The van der Waals surface area contributed by atoms with E-state index >= 15 is 0 Å². The molecule has 10 heteroatoms. The number of nitrogens with zero attached hydrogens (tertiary/aromatic N) is 5. The Morgan fingerprint density at radius 3 is 2.50 bits per heavy atom. The van der Waals surface area contributed by atoms with E-state index in [0.29, 0.717) is 35.0 Å². The predicted molar refractivity (Wildman–Crippen MR) is 148 cm³/mol. The second kappa shape index (κ2) is 9.81. The number of fused-ring (bicyclic) bond motifs is 1. The van der Waals surface area contributed by atoms with E-state index in [1.54, 1.807) is 17.8 Å². The van der Waals surface area contributed by atoms with E-state index in [1.807, 2.05) is 31.6 Å². The molecule has 2 fully saturated rings. The molecule has 0 atom stereocenters. The summed E-state index contributed by atoms with van der Waals surface area (Å²) >= 11 is 0. The number of rotatable bonds is 8. The number of aromatic nitrogens is 4. The van der Waals surface area contributed by atoms with Crippen molar-refractivity contribution in [1.29, 1.82) is 0 Å². The molecule has 3 aromatic heterocycles. The van der Waals surface area contributed by atoms with E-state index < -0.39 is 9.84 Å². The summed E-state index contributed by atoms with van der Waals surface area (Å²) in [4.78, 5) is 7.54. The molecule has 0 radical (unpaired) electrons. The zero-order valence-corrected chi connectivity index (χ0v) is 22.6. The topological polar surface area (TPSA) is 85.0 Å². The van der Waals surface area contributed by atoms with Crippen molar-refractivity contribution in [3.8, 4) is 16.9 Å². The summed E-state index contributed by atoms with van der Waals surface area (Å²) in [6.45, 7) is 0.889. The summed E-state index contributed by atoms with van der Waals surface area (Å²) in [7, 11) is 0.705. The summed E-state index contributed by atoms with van der Waals surface area (Å²) in [6, 6.07) is 10.0. The van der Waals surface area contributed by atoms with Crippen LogP contribution in [-0.2, 0) is 23.3 Å². The maximum absolute atomic E-state index is 14.5. The first-order valence-corrected chi connectivity index (χ1v) is 15.1. The highest BCUT2D eigenvalue weighted by molar-refractivity contribution is 7.91. The van der Waals surface area contributed by atoms with Gasteiger partial charge in [-0.15, -0.1) is 0 Å². The Kier molecular flexibility index (Phi) is 6.47. The molecule has 1 aromatic carbocycles. The maximum atomic E-state index is 14.5. The minimum Gasteiger partial charge on any atom is -0.386 e. The second-order valence-electron chi connectivity index (χ2n) is 10.5. The average Bonchev–Trinajstić information content (AvgIpc) is 3.55. The first-order chi connectivity index (χ1) is 18.3. The van der Waals surface area contributed by atoms with E-state index in [-0.39, 0.29) is 5.82 Å². The molecule has 1 aliphatic carbocycles. The fourth-order valence-electron chi connectivity index (χ4n) is 5.66. The smallest absolute Gasteiger partial charge is 0.150 e. The number of anilines is 1. The molecule has 6 rings (SSSR count). The third-order valence-corrected chi connectivity index (χ3v) is 9.60. The van der Waals surface area contributed by atoms with Gasteiger partial charge in [-0.3, -0.25) is 14.1 Å². The van der Waals surface area contributed by atoms with Crippen LogP contribution >= 0.6 is 0 Å². The Balaban J connectivity index is 1.33. The summed E-state index contributed by atoms with van der Waals surface area (Å²) in [5.74, 6) is 0.277. The summed E-state index contributed by atoms with van der Waals surface area (Å²) in [6.07, 6.45) is 10.6.